The number of hydrogen-bond donors (Lipinski definition) is 1. The van der Waals surface area contributed by atoms with Gasteiger partial charge in [-0.05, 0) is 49.6 Å². The third-order valence-corrected chi connectivity index (χ3v) is 6.15. The molecule has 7 nitrogen and oxygen atoms in total. The lowest BCUT2D eigenvalue weighted by Crippen LogP contribution is -2.49. The Hall–Kier alpha value is -3.22. The van der Waals surface area contributed by atoms with Crippen molar-refractivity contribution in [3.05, 3.63) is 41.5 Å². The molecular formula is C23H24O7. The summed E-state index contributed by atoms with van der Waals surface area (Å²) in [5.41, 5.74) is 1.46. The Kier molecular flexibility index (Phi) is 4.44. The van der Waals surface area contributed by atoms with E-state index in [1.54, 1.807) is 37.3 Å². The summed E-state index contributed by atoms with van der Waals surface area (Å²) >= 11 is 0. The third kappa shape index (κ3) is 3.05. The minimum atomic E-state index is -1.65. The van der Waals surface area contributed by atoms with Crippen molar-refractivity contribution in [2.24, 2.45) is 5.41 Å². The smallest absolute Gasteiger partial charge is 0.338 e. The lowest BCUT2D eigenvalue weighted by atomic mass is 9.65. The van der Waals surface area contributed by atoms with Gasteiger partial charge in [0.25, 0.3) is 0 Å². The van der Waals surface area contributed by atoms with E-state index in [9.17, 15) is 14.7 Å². The Labute approximate surface area is 177 Å². The highest BCUT2D eigenvalue weighted by Gasteiger charge is 2.50. The lowest BCUT2D eigenvalue weighted by molar-refractivity contribution is -0.162. The van der Waals surface area contributed by atoms with E-state index in [-0.39, 0.29) is 29.8 Å². The molecule has 2 aliphatic rings. The Morgan fingerprint density at radius 3 is 2.60 bits per heavy atom. The highest BCUT2D eigenvalue weighted by Crippen LogP contribution is 2.50. The number of carbonyl (C=O) groups excluding carboxylic acids is 1. The number of carboxylic acids is 1. The summed E-state index contributed by atoms with van der Waals surface area (Å²) in [6.07, 6.45) is 1.10. The van der Waals surface area contributed by atoms with Gasteiger partial charge in [0.2, 0.25) is 5.75 Å². The SMILES string of the molecule is [2H]C([2H])Oc1c(OC)ccc(-c2ccc3c(c2)COC3=O)c1OC(C)C1(C(=O)O)CCC1. The molecule has 1 atom stereocenters. The number of ether oxygens (including phenoxy) is 4. The van der Waals surface area contributed by atoms with E-state index >= 15 is 0 Å². The summed E-state index contributed by atoms with van der Waals surface area (Å²) in [6.45, 7) is 1.87. The minimum Gasteiger partial charge on any atom is -0.493 e. The van der Waals surface area contributed by atoms with Crippen LogP contribution in [0.15, 0.2) is 30.3 Å². The lowest BCUT2D eigenvalue weighted by Gasteiger charge is -2.42. The van der Waals surface area contributed by atoms with Gasteiger partial charge in [-0.25, -0.2) is 4.79 Å². The molecule has 1 fully saturated rings. The summed E-state index contributed by atoms with van der Waals surface area (Å²) in [7, 11) is -0.221. The molecule has 0 radical (unpaired) electrons. The van der Waals surface area contributed by atoms with Crippen LogP contribution in [-0.2, 0) is 16.1 Å². The molecule has 0 bridgehead atoms. The predicted molar refractivity (Wildman–Crippen MR) is 108 cm³/mol. The number of hydrogen-bond acceptors (Lipinski definition) is 6. The van der Waals surface area contributed by atoms with Crippen LogP contribution in [0, 0.1) is 5.41 Å². The minimum absolute atomic E-state index is 0.0551. The van der Waals surface area contributed by atoms with Gasteiger partial charge in [-0.1, -0.05) is 12.5 Å². The summed E-state index contributed by atoms with van der Waals surface area (Å²) in [4.78, 5) is 23.8. The van der Waals surface area contributed by atoms with E-state index < -0.39 is 24.6 Å². The molecule has 1 aliphatic carbocycles. The number of carboxylic acid groups (broad SMARTS) is 1. The topological polar surface area (TPSA) is 91.3 Å². The van der Waals surface area contributed by atoms with Gasteiger partial charge in [0.1, 0.15) is 18.1 Å². The van der Waals surface area contributed by atoms with Gasteiger partial charge < -0.3 is 24.1 Å². The van der Waals surface area contributed by atoms with Crippen molar-refractivity contribution < 1.29 is 36.4 Å². The summed E-state index contributed by atoms with van der Waals surface area (Å²) in [5.74, 6) is -0.790. The molecule has 1 N–H and O–H groups in total. The molecule has 0 aromatic heterocycles. The number of carbonyl (C=O) groups is 2. The molecule has 0 saturated heterocycles. The van der Waals surface area contributed by atoms with E-state index in [1.807, 2.05) is 0 Å². The Morgan fingerprint density at radius 2 is 1.97 bits per heavy atom. The van der Waals surface area contributed by atoms with E-state index in [1.165, 1.54) is 7.11 Å². The van der Waals surface area contributed by atoms with Crippen molar-refractivity contribution in [2.75, 3.05) is 14.2 Å². The third-order valence-electron chi connectivity index (χ3n) is 6.15. The zero-order chi connectivity index (χ0) is 23.0. The van der Waals surface area contributed by atoms with Crippen molar-refractivity contribution in [3.8, 4) is 28.4 Å². The first-order chi connectivity index (χ1) is 15.3. The molecular weight excluding hydrogens is 388 g/mol. The summed E-state index contributed by atoms with van der Waals surface area (Å²) in [6, 6.07) is 8.59. The molecule has 7 heteroatoms. The first-order valence-electron chi connectivity index (χ1n) is 10.8. The standard InChI is InChI=1S/C23H24O7/c1-13(23(22(25)26)9-4-10-23)30-19-16(7-8-18(27-2)20(19)28-3)14-5-6-17-15(11-14)12-29-21(17)24/h5-8,11,13H,4,9-10,12H2,1-3H3,(H,25,26)/i3D2. The first kappa shape index (κ1) is 17.6. The zero-order valence-electron chi connectivity index (χ0n) is 18.8. The number of esters is 1. The molecule has 2 aromatic carbocycles. The largest absolute Gasteiger partial charge is 0.493 e. The molecule has 0 spiro atoms. The van der Waals surface area contributed by atoms with Crippen molar-refractivity contribution in [2.45, 2.75) is 38.9 Å². The van der Waals surface area contributed by atoms with E-state index in [4.69, 9.17) is 21.7 Å². The van der Waals surface area contributed by atoms with Gasteiger partial charge in [-0.15, -0.1) is 0 Å². The van der Waals surface area contributed by atoms with E-state index in [2.05, 4.69) is 0 Å². The van der Waals surface area contributed by atoms with Gasteiger partial charge in [0.15, 0.2) is 11.5 Å². The highest BCUT2D eigenvalue weighted by atomic mass is 16.5. The number of benzene rings is 2. The normalized spacial score (nSPS) is 18.4. The fourth-order valence-electron chi connectivity index (χ4n) is 4.10. The molecule has 0 amide bonds. The predicted octanol–water partition coefficient (Wildman–Crippen LogP) is 4.06. The molecule has 1 aliphatic heterocycles. The van der Waals surface area contributed by atoms with Gasteiger partial charge >= 0.3 is 11.9 Å². The van der Waals surface area contributed by atoms with E-state index in [0.29, 0.717) is 29.5 Å². The fraction of sp³-hybridized carbons (Fsp3) is 0.391. The Bertz CT molecular complexity index is 1060. The van der Waals surface area contributed by atoms with Crippen LogP contribution in [0.5, 0.6) is 17.2 Å². The monoisotopic (exact) mass is 414 g/mol. The van der Waals surface area contributed by atoms with Crippen LogP contribution in [0.4, 0.5) is 0 Å². The first-order valence-corrected chi connectivity index (χ1v) is 9.69. The van der Waals surface area contributed by atoms with Gasteiger partial charge in [-0.2, -0.15) is 0 Å². The highest BCUT2D eigenvalue weighted by molar-refractivity contribution is 5.94. The maximum Gasteiger partial charge on any atom is 0.338 e. The second-order valence-corrected chi connectivity index (χ2v) is 7.61. The molecule has 1 heterocycles. The average molecular weight is 414 g/mol. The fourth-order valence-corrected chi connectivity index (χ4v) is 4.10. The number of aliphatic carboxylic acids is 1. The van der Waals surface area contributed by atoms with Crippen LogP contribution in [0.1, 0.15) is 44.8 Å². The Morgan fingerprint density at radius 1 is 1.20 bits per heavy atom. The Balaban J connectivity index is 1.83. The van der Waals surface area contributed by atoms with Crippen molar-refractivity contribution in [1.29, 1.82) is 0 Å². The summed E-state index contributed by atoms with van der Waals surface area (Å²) < 4.78 is 37.3. The number of rotatable bonds is 7. The summed E-state index contributed by atoms with van der Waals surface area (Å²) in [5, 5.41) is 9.82. The molecule has 30 heavy (non-hydrogen) atoms. The number of fused-ring (bicyclic) bond motifs is 1. The van der Waals surface area contributed by atoms with Crippen LogP contribution in [-0.4, -0.2) is 37.3 Å². The van der Waals surface area contributed by atoms with Gasteiger partial charge in [-0.3, -0.25) is 4.79 Å². The van der Waals surface area contributed by atoms with E-state index in [0.717, 1.165) is 12.0 Å². The average Bonchev–Trinajstić information content (AvgIpc) is 3.07. The second-order valence-electron chi connectivity index (χ2n) is 7.61. The molecule has 1 unspecified atom stereocenters. The number of cyclic esters (lactones) is 1. The zero-order valence-corrected chi connectivity index (χ0v) is 16.8. The maximum atomic E-state index is 12.0. The van der Waals surface area contributed by atoms with Crippen LogP contribution >= 0.6 is 0 Å². The molecule has 2 aromatic rings. The second kappa shape index (κ2) is 7.55. The van der Waals surface area contributed by atoms with Crippen molar-refractivity contribution >= 4 is 11.9 Å². The molecule has 158 valence electrons. The van der Waals surface area contributed by atoms with Crippen LogP contribution in [0.3, 0.4) is 0 Å². The van der Waals surface area contributed by atoms with Crippen LogP contribution < -0.4 is 14.2 Å². The molecule has 1 saturated carbocycles. The quantitative estimate of drug-likeness (QED) is 0.683. The van der Waals surface area contributed by atoms with Crippen molar-refractivity contribution in [3.63, 3.8) is 0 Å². The van der Waals surface area contributed by atoms with Gasteiger partial charge in [0.05, 0.1) is 22.5 Å². The van der Waals surface area contributed by atoms with Crippen LogP contribution in [0.2, 0.25) is 0 Å². The van der Waals surface area contributed by atoms with Crippen LogP contribution in [0.25, 0.3) is 11.1 Å². The number of methoxy groups -OCH3 is 2. The van der Waals surface area contributed by atoms with Crippen molar-refractivity contribution in [1.82, 2.24) is 0 Å². The molecule has 4 rings (SSSR count). The van der Waals surface area contributed by atoms with Gasteiger partial charge in [0, 0.05) is 11.1 Å². The maximum absolute atomic E-state index is 12.0.